The maximum Gasteiger partial charge on any atom is 0.411 e. The Labute approximate surface area is 245 Å². The van der Waals surface area contributed by atoms with Gasteiger partial charge in [-0.25, -0.2) is 4.79 Å². The third-order valence-electron chi connectivity index (χ3n) is 8.97. The third-order valence-corrected chi connectivity index (χ3v) is 8.97. The van der Waals surface area contributed by atoms with E-state index in [4.69, 9.17) is 9.47 Å². The molecule has 0 aliphatic carbocycles. The van der Waals surface area contributed by atoms with Gasteiger partial charge in [0.1, 0.15) is 6.61 Å². The summed E-state index contributed by atoms with van der Waals surface area (Å²) >= 11 is 0. The van der Waals surface area contributed by atoms with Crippen molar-refractivity contribution in [2.24, 2.45) is 5.92 Å². The fraction of sp³-hybridized carbons (Fsp3) is 0.576. The number of ether oxygens (including phenoxy) is 2. The topological polar surface area (TPSA) is 65.6 Å². The molecule has 0 saturated carbocycles. The van der Waals surface area contributed by atoms with Crippen LogP contribution in [0.3, 0.4) is 0 Å². The van der Waals surface area contributed by atoms with Crippen LogP contribution in [0.5, 0.6) is 0 Å². The molecule has 0 radical (unpaired) electrons. The molecule has 5 rings (SSSR count). The van der Waals surface area contributed by atoms with Gasteiger partial charge in [0.2, 0.25) is 0 Å². The van der Waals surface area contributed by atoms with Gasteiger partial charge < -0.3 is 19.3 Å². The number of rotatable bonds is 12. The molecule has 0 aromatic heterocycles. The van der Waals surface area contributed by atoms with Crippen molar-refractivity contribution in [1.29, 1.82) is 0 Å². The van der Waals surface area contributed by atoms with Crippen molar-refractivity contribution >= 4 is 12.1 Å². The van der Waals surface area contributed by atoms with E-state index in [1.807, 2.05) is 35.2 Å². The maximum absolute atomic E-state index is 12.8. The van der Waals surface area contributed by atoms with Gasteiger partial charge in [-0.05, 0) is 62.7 Å². The number of piperidine rings is 1. The fourth-order valence-electron chi connectivity index (χ4n) is 6.39. The van der Waals surface area contributed by atoms with E-state index in [9.17, 15) is 9.59 Å². The number of likely N-dealkylation sites (tertiary alicyclic amines) is 1. The lowest BCUT2D eigenvalue weighted by molar-refractivity contribution is -0.145. The zero-order valence-corrected chi connectivity index (χ0v) is 24.5. The van der Waals surface area contributed by atoms with Gasteiger partial charge in [0.05, 0.1) is 12.5 Å². The van der Waals surface area contributed by atoms with Crippen LogP contribution in [0.25, 0.3) is 0 Å². The number of carbonyl (C=O) groups is 2. The molecule has 0 bridgehead atoms. The first kappa shape index (κ1) is 29.5. The Kier molecular flexibility index (Phi) is 10.7. The van der Waals surface area contributed by atoms with E-state index < -0.39 is 0 Å². The van der Waals surface area contributed by atoms with E-state index in [2.05, 4.69) is 52.0 Å². The van der Waals surface area contributed by atoms with Crippen LogP contribution >= 0.6 is 0 Å². The Hall–Kier alpha value is -2.94. The standard InChI is InChI=1S/C33H46N4O4/c1-27-32(36-23-21-34(22-24-36)20-16-31(38)40-26-30-11-6-3-7-12-30)41-33(39)37(27)17-8-13-28-14-18-35(19-15-28)25-29-9-4-2-5-10-29/h2-7,9-12,27-28,32H,8,13-26H2,1H3. The van der Waals surface area contributed by atoms with Gasteiger partial charge >= 0.3 is 12.1 Å². The Morgan fingerprint density at radius 3 is 2.20 bits per heavy atom. The highest BCUT2D eigenvalue weighted by molar-refractivity contribution is 5.70. The summed E-state index contributed by atoms with van der Waals surface area (Å²) in [4.78, 5) is 34.0. The van der Waals surface area contributed by atoms with Gasteiger partial charge in [0, 0.05) is 45.8 Å². The molecule has 0 spiro atoms. The summed E-state index contributed by atoms with van der Waals surface area (Å²) < 4.78 is 11.3. The van der Waals surface area contributed by atoms with E-state index >= 15 is 0 Å². The molecule has 8 heteroatoms. The molecular weight excluding hydrogens is 516 g/mol. The molecular formula is C33H46N4O4. The van der Waals surface area contributed by atoms with Gasteiger partial charge in [0.25, 0.3) is 0 Å². The van der Waals surface area contributed by atoms with E-state index in [0.29, 0.717) is 19.6 Å². The highest BCUT2D eigenvalue weighted by atomic mass is 16.6. The lowest BCUT2D eigenvalue weighted by Gasteiger charge is -2.38. The summed E-state index contributed by atoms with van der Waals surface area (Å²) in [5.74, 6) is 0.582. The van der Waals surface area contributed by atoms with E-state index in [0.717, 1.165) is 70.3 Å². The third kappa shape index (κ3) is 8.53. The molecule has 3 fully saturated rings. The maximum atomic E-state index is 12.8. The Morgan fingerprint density at radius 2 is 1.51 bits per heavy atom. The first-order valence-corrected chi connectivity index (χ1v) is 15.4. The number of carbonyl (C=O) groups excluding carboxylic acids is 2. The largest absolute Gasteiger partial charge is 0.461 e. The minimum atomic E-state index is -0.193. The van der Waals surface area contributed by atoms with Crippen molar-refractivity contribution in [3.05, 3.63) is 71.8 Å². The van der Waals surface area contributed by atoms with Crippen LogP contribution < -0.4 is 0 Å². The molecule has 3 saturated heterocycles. The molecule has 2 unspecified atom stereocenters. The van der Waals surface area contributed by atoms with Crippen LogP contribution in [0.2, 0.25) is 0 Å². The predicted octanol–water partition coefficient (Wildman–Crippen LogP) is 4.60. The quantitative estimate of drug-likeness (QED) is 0.351. The summed E-state index contributed by atoms with van der Waals surface area (Å²) in [5.41, 5.74) is 2.39. The second-order valence-corrected chi connectivity index (χ2v) is 11.8. The molecule has 2 aromatic carbocycles. The smallest absolute Gasteiger partial charge is 0.411 e. The molecule has 8 nitrogen and oxygen atoms in total. The zero-order chi connectivity index (χ0) is 28.4. The van der Waals surface area contributed by atoms with Crippen molar-refractivity contribution in [1.82, 2.24) is 19.6 Å². The number of esters is 1. The fourth-order valence-corrected chi connectivity index (χ4v) is 6.39. The van der Waals surface area contributed by atoms with Gasteiger partial charge in [-0.15, -0.1) is 0 Å². The zero-order valence-electron chi connectivity index (χ0n) is 24.5. The minimum absolute atomic E-state index is 0.0507. The van der Waals surface area contributed by atoms with E-state index in [1.165, 1.54) is 24.8 Å². The highest BCUT2D eigenvalue weighted by Crippen LogP contribution is 2.27. The molecule has 3 heterocycles. The number of nitrogens with zero attached hydrogens (tertiary/aromatic N) is 4. The van der Waals surface area contributed by atoms with E-state index in [1.54, 1.807) is 0 Å². The first-order chi connectivity index (χ1) is 20.0. The SMILES string of the molecule is CC1C(N2CCN(CCC(=O)OCc3ccccc3)CC2)OC(=O)N1CCCC1CCN(Cc2ccccc2)CC1. The molecule has 41 heavy (non-hydrogen) atoms. The molecule has 2 aromatic rings. The van der Waals surface area contributed by atoms with Crippen LogP contribution in [0.4, 0.5) is 4.79 Å². The van der Waals surface area contributed by atoms with Crippen LogP contribution in [0, 0.1) is 5.92 Å². The number of amides is 1. The second kappa shape index (κ2) is 14.8. The number of benzene rings is 2. The number of hydrogen-bond donors (Lipinski definition) is 0. The minimum Gasteiger partial charge on any atom is -0.461 e. The molecule has 3 aliphatic rings. The average molecular weight is 563 g/mol. The molecule has 0 N–H and O–H groups in total. The lowest BCUT2D eigenvalue weighted by atomic mass is 9.92. The highest BCUT2D eigenvalue weighted by Gasteiger charge is 2.42. The average Bonchev–Trinajstić information content (AvgIpc) is 3.29. The van der Waals surface area contributed by atoms with Gasteiger partial charge in [-0.2, -0.15) is 0 Å². The Bertz CT molecular complexity index is 1080. The predicted molar refractivity (Wildman–Crippen MR) is 159 cm³/mol. The van der Waals surface area contributed by atoms with Crippen molar-refractivity contribution in [2.75, 3.05) is 52.4 Å². The summed E-state index contributed by atoms with van der Waals surface area (Å²) in [5, 5.41) is 0. The number of hydrogen-bond acceptors (Lipinski definition) is 7. The van der Waals surface area contributed by atoms with Gasteiger partial charge in [0.15, 0.2) is 6.23 Å². The normalized spacial score (nSPS) is 23.0. The molecule has 2 atom stereocenters. The van der Waals surface area contributed by atoms with Crippen molar-refractivity contribution in [3.63, 3.8) is 0 Å². The second-order valence-electron chi connectivity index (χ2n) is 11.8. The molecule has 1 amide bonds. The summed E-state index contributed by atoms with van der Waals surface area (Å²) in [6, 6.07) is 20.5. The number of cyclic esters (lactones) is 1. The van der Waals surface area contributed by atoms with Crippen LogP contribution in [-0.2, 0) is 27.4 Å². The van der Waals surface area contributed by atoms with Crippen LogP contribution in [0.15, 0.2) is 60.7 Å². The lowest BCUT2D eigenvalue weighted by Crippen LogP contribution is -2.53. The Morgan fingerprint density at radius 1 is 0.854 bits per heavy atom. The van der Waals surface area contributed by atoms with Crippen molar-refractivity contribution in [2.45, 2.75) is 64.4 Å². The van der Waals surface area contributed by atoms with Crippen molar-refractivity contribution < 1.29 is 19.1 Å². The first-order valence-electron chi connectivity index (χ1n) is 15.4. The van der Waals surface area contributed by atoms with E-state index in [-0.39, 0.29) is 24.3 Å². The summed E-state index contributed by atoms with van der Waals surface area (Å²) in [7, 11) is 0. The molecule has 222 valence electrons. The van der Waals surface area contributed by atoms with Crippen molar-refractivity contribution in [3.8, 4) is 0 Å². The summed E-state index contributed by atoms with van der Waals surface area (Å²) in [6.45, 7) is 10.6. The monoisotopic (exact) mass is 562 g/mol. The van der Waals surface area contributed by atoms with Gasteiger partial charge in [-0.3, -0.25) is 14.6 Å². The summed E-state index contributed by atoms with van der Waals surface area (Å²) in [6.07, 6.45) is 4.71. The van der Waals surface area contributed by atoms with Crippen LogP contribution in [-0.4, -0.2) is 96.3 Å². The molecule has 3 aliphatic heterocycles. The van der Waals surface area contributed by atoms with Gasteiger partial charge in [-0.1, -0.05) is 60.7 Å². The Balaban J connectivity index is 0.958. The van der Waals surface area contributed by atoms with Crippen LogP contribution in [0.1, 0.15) is 50.2 Å². The number of piperazine rings is 1.